The Labute approximate surface area is 91.2 Å². The molecule has 4 nitrogen and oxygen atoms in total. The van der Waals surface area contributed by atoms with Gasteiger partial charge in [0.2, 0.25) is 5.89 Å². The van der Waals surface area contributed by atoms with E-state index < -0.39 is 0 Å². The molecule has 0 aliphatic heterocycles. The van der Waals surface area contributed by atoms with Gasteiger partial charge in [0.25, 0.3) is 0 Å². The minimum Gasteiger partial charge on any atom is -0.339 e. The predicted molar refractivity (Wildman–Crippen MR) is 59.4 cm³/mol. The van der Waals surface area contributed by atoms with Crippen LogP contribution >= 0.6 is 0 Å². The summed E-state index contributed by atoms with van der Waals surface area (Å²) in [5.41, 5.74) is 5.54. The minimum absolute atomic E-state index is 0.406. The molecule has 0 saturated carbocycles. The zero-order valence-corrected chi connectivity index (χ0v) is 9.86. The first-order valence-corrected chi connectivity index (χ1v) is 5.63. The Morgan fingerprint density at radius 1 is 1.33 bits per heavy atom. The van der Waals surface area contributed by atoms with Gasteiger partial charge in [-0.25, -0.2) is 0 Å². The molecule has 1 heterocycles. The number of aromatic nitrogens is 2. The molecule has 1 aromatic rings. The van der Waals surface area contributed by atoms with E-state index in [9.17, 15) is 0 Å². The fourth-order valence-corrected chi connectivity index (χ4v) is 1.27. The van der Waals surface area contributed by atoms with Crippen molar-refractivity contribution in [3.05, 3.63) is 11.7 Å². The van der Waals surface area contributed by atoms with Crippen LogP contribution in [0.4, 0.5) is 0 Å². The smallest absolute Gasteiger partial charge is 0.226 e. The average molecular weight is 211 g/mol. The van der Waals surface area contributed by atoms with Crippen LogP contribution < -0.4 is 5.73 Å². The minimum atomic E-state index is 0.406. The van der Waals surface area contributed by atoms with E-state index in [1.54, 1.807) is 0 Å². The average Bonchev–Trinajstić information content (AvgIpc) is 2.62. The van der Waals surface area contributed by atoms with Crippen LogP contribution in [0, 0.1) is 11.8 Å². The van der Waals surface area contributed by atoms with Crippen molar-refractivity contribution in [3.63, 3.8) is 0 Å². The van der Waals surface area contributed by atoms with Crippen molar-refractivity contribution in [2.24, 2.45) is 17.6 Å². The van der Waals surface area contributed by atoms with Crippen molar-refractivity contribution in [3.8, 4) is 0 Å². The summed E-state index contributed by atoms with van der Waals surface area (Å²) in [5.74, 6) is 2.62. The molecular formula is C11H21N3O. The summed E-state index contributed by atoms with van der Waals surface area (Å²) < 4.78 is 5.15. The Morgan fingerprint density at radius 3 is 2.67 bits per heavy atom. The van der Waals surface area contributed by atoms with Gasteiger partial charge >= 0.3 is 0 Å². The molecule has 0 aliphatic carbocycles. The molecule has 0 radical (unpaired) electrons. The Bertz CT molecular complexity index is 283. The number of aryl methyl sites for hydroxylation is 1. The quantitative estimate of drug-likeness (QED) is 0.779. The molecule has 86 valence electrons. The van der Waals surface area contributed by atoms with E-state index in [2.05, 4.69) is 30.9 Å². The second-order valence-electron chi connectivity index (χ2n) is 4.58. The summed E-state index contributed by atoms with van der Waals surface area (Å²) in [6, 6.07) is 0. The number of hydrogen-bond acceptors (Lipinski definition) is 4. The highest BCUT2D eigenvalue weighted by Crippen LogP contribution is 2.09. The normalized spacial score (nSPS) is 13.4. The molecule has 0 aromatic carbocycles. The third-order valence-electron chi connectivity index (χ3n) is 2.38. The first-order chi connectivity index (χ1) is 7.11. The van der Waals surface area contributed by atoms with E-state index in [1.807, 2.05) is 0 Å². The summed E-state index contributed by atoms with van der Waals surface area (Å²) >= 11 is 0. The molecule has 1 unspecified atom stereocenters. The van der Waals surface area contributed by atoms with E-state index in [4.69, 9.17) is 10.3 Å². The van der Waals surface area contributed by atoms with Gasteiger partial charge in [0.05, 0.1) is 0 Å². The van der Waals surface area contributed by atoms with Gasteiger partial charge in [0, 0.05) is 12.8 Å². The lowest BCUT2D eigenvalue weighted by Crippen LogP contribution is -2.13. The molecule has 1 aromatic heterocycles. The van der Waals surface area contributed by atoms with E-state index >= 15 is 0 Å². The fraction of sp³-hybridized carbons (Fsp3) is 0.818. The Balaban J connectivity index is 2.42. The molecule has 0 fully saturated rings. The Hall–Kier alpha value is -0.900. The van der Waals surface area contributed by atoms with Crippen LogP contribution in [-0.4, -0.2) is 16.7 Å². The molecule has 1 atom stereocenters. The Morgan fingerprint density at radius 2 is 2.07 bits per heavy atom. The van der Waals surface area contributed by atoms with Crippen LogP contribution in [-0.2, 0) is 12.8 Å². The maximum Gasteiger partial charge on any atom is 0.226 e. The molecule has 0 bridgehead atoms. The second-order valence-corrected chi connectivity index (χ2v) is 4.58. The molecule has 0 spiro atoms. The highest BCUT2D eigenvalue weighted by atomic mass is 16.5. The van der Waals surface area contributed by atoms with Crippen LogP contribution in [0.15, 0.2) is 4.52 Å². The first kappa shape index (κ1) is 12.2. The fourth-order valence-electron chi connectivity index (χ4n) is 1.27. The third kappa shape index (κ3) is 4.42. The van der Waals surface area contributed by atoms with Gasteiger partial charge in [0.1, 0.15) is 0 Å². The third-order valence-corrected chi connectivity index (χ3v) is 2.38. The van der Waals surface area contributed by atoms with Crippen molar-refractivity contribution in [1.29, 1.82) is 0 Å². The van der Waals surface area contributed by atoms with Gasteiger partial charge in [0.15, 0.2) is 5.82 Å². The largest absolute Gasteiger partial charge is 0.339 e. The van der Waals surface area contributed by atoms with E-state index in [-0.39, 0.29) is 0 Å². The Kier molecular flexibility index (Phi) is 4.75. The SMILES string of the molecule is CC(C)CCc1noc(CC(C)CN)n1. The molecule has 0 aliphatic rings. The number of nitrogens with two attached hydrogens (primary N) is 1. The molecular weight excluding hydrogens is 190 g/mol. The van der Waals surface area contributed by atoms with E-state index in [0.29, 0.717) is 24.3 Å². The topological polar surface area (TPSA) is 64.9 Å². The lowest BCUT2D eigenvalue weighted by atomic mass is 10.1. The summed E-state index contributed by atoms with van der Waals surface area (Å²) in [5, 5.41) is 3.95. The highest BCUT2D eigenvalue weighted by Gasteiger charge is 2.09. The maximum atomic E-state index is 5.54. The molecule has 2 N–H and O–H groups in total. The van der Waals surface area contributed by atoms with Crippen molar-refractivity contribution >= 4 is 0 Å². The summed E-state index contributed by atoms with van der Waals surface area (Å²) in [7, 11) is 0. The van der Waals surface area contributed by atoms with Gasteiger partial charge in [-0.15, -0.1) is 0 Å². The van der Waals surface area contributed by atoms with Crippen LogP contribution in [0.25, 0.3) is 0 Å². The number of rotatable bonds is 6. The standard InChI is InChI=1S/C11H21N3O/c1-8(2)4-5-10-13-11(15-14-10)6-9(3)7-12/h8-9H,4-7,12H2,1-3H3. The second kappa shape index (κ2) is 5.85. The zero-order chi connectivity index (χ0) is 11.3. The van der Waals surface area contributed by atoms with Crippen LogP contribution in [0.3, 0.4) is 0 Å². The summed E-state index contributed by atoms with van der Waals surface area (Å²) in [6.45, 7) is 7.12. The lowest BCUT2D eigenvalue weighted by molar-refractivity contribution is 0.354. The van der Waals surface area contributed by atoms with Crippen LogP contribution in [0.5, 0.6) is 0 Å². The van der Waals surface area contributed by atoms with Crippen molar-refractivity contribution < 1.29 is 4.52 Å². The first-order valence-electron chi connectivity index (χ1n) is 5.63. The van der Waals surface area contributed by atoms with Gasteiger partial charge in [-0.1, -0.05) is 25.9 Å². The van der Waals surface area contributed by atoms with Crippen molar-refractivity contribution in [2.75, 3.05) is 6.54 Å². The van der Waals surface area contributed by atoms with Gasteiger partial charge in [-0.05, 0) is 24.8 Å². The molecule has 15 heavy (non-hydrogen) atoms. The van der Waals surface area contributed by atoms with Crippen LogP contribution in [0.1, 0.15) is 38.9 Å². The number of nitrogens with zero attached hydrogens (tertiary/aromatic N) is 2. The maximum absolute atomic E-state index is 5.54. The summed E-state index contributed by atoms with van der Waals surface area (Å²) in [4.78, 5) is 4.34. The lowest BCUT2D eigenvalue weighted by Gasteiger charge is -2.02. The van der Waals surface area contributed by atoms with Gasteiger partial charge in [-0.2, -0.15) is 4.98 Å². The van der Waals surface area contributed by atoms with Gasteiger partial charge in [-0.3, -0.25) is 0 Å². The van der Waals surface area contributed by atoms with E-state index in [1.165, 1.54) is 0 Å². The zero-order valence-electron chi connectivity index (χ0n) is 9.86. The van der Waals surface area contributed by atoms with E-state index in [0.717, 1.165) is 25.1 Å². The van der Waals surface area contributed by atoms with Crippen molar-refractivity contribution in [1.82, 2.24) is 10.1 Å². The molecule has 4 heteroatoms. The molecule has 1 rings (SSSR count). The highest BCUT2D eigenvalue weighted by molar-refractivity contribution is 4.88. The monoisotopic (exact) mass is 211 g/mol. The van der Waals surface area contributed by atoms with Crippen LogP contribution in [0.2, 0.25) is 0 Å². The number of hydrogen-bond donors (Lipinski definition) is 1. The molecule has 0 saturated heterocycles. The van der Waals surface area contributed by atoms with Gasteiger partial charge < -0.3 is 10.3 Å². The predicted octanol–water partition coefficient (Wildman–Crippen LogP) is 1.80. The van der Waals surface area contributed by atoms with Crippen molar-refractivity contribution in [2.45, 2.75) is 40.0 Å². The summed E-state index contributed by atoms with van der Waals surface area (Å²) in [6.07, 6.45) is 2.79. The molecule has 0 amide bonds.